The van der Waals surface area contributed by atoms with Gasteiger partial charge >= 0.3 is 12.1 Å². The van der Waals surface area contributed by atoms with Gasteiger partial charge in [0.2, 0.25) is 0 Å². The van der Waals surface area contributed by atoms with Crippen molar-refractivity contribution in [3.63, 3.8) is 0 Å². The molecule has 0 spiro atoms. The molecular formula is C17H15F3N2O4. The molecule has 2 aromatic carbocycles. The fourth-order valence-corrected chi connectivity index (χ4v) is 2.02. The number of rotatable bonds is 5. The van der Waals surface area contributed by atoms with Gasteiger partial charge in [-0.3, -0.25) is 9.59 Å². The SMILES string of the molecule is COc1ccc(C(=O)Nc2ccc(NC(=O)C(F)(F)F)cc2)cc1OC. The number of nitrogens with one attached hydrogen (secondary N) is 2. The Bertz CT molecular complexity index is 805. The van der Waals surface area contributed by atoms with E-state index in [1.54, 1.807) is 11.4 Å². The number of hydrogen-bond donors (Lipinski definition) is 2. The lowest BCUT2D eigenvalue weighted by molar-refractivity contribution is -0.167. The summed E-state index contributed by atoms with van der Waals surface area (Å²) in [7, 11) is 2.91. The number of anilines is 2. The summed E-state index contributed by atoms with van der Waals surface area (Å²) in [4.78, 5) is 23.1. The number of carbonyl (C=O) groups excluding carboxylic acids is 2. The summed E-state index contributed by atoms with van der Waals surface area (Å²) >= 11 is 0. The second kappa shape index (κ2) is 7.77. The van der Waals surface area contributed by atoms with Crippen LogP contribution in [0.15, 0.2) is 42.5 Å². The van der Waals surface area contributed by atoms with Gasteiger partial charge < -0.3 is 20.1 Å². The number of benzene rings is 2. The third kappa shape index (κ3) is 4.65. The average molecular weight is 368 g/mol. The Kier molecular flexibility index (Phi) is 5.71. The molecule has 26 heavy (non-hydrogen) atoms. The van der Waals surface area contributed by atoms with E-state index < -0.39 is 18.0 Å². The molecule has 0 radical (unpaired) electrons. The Labute approximate surface area is 146 Å². The number of amides is 2. The Morgan fingerprint density at radius 2 is 1.38 bits per heavy atom. The van der Waals surface area contributed by atoms with Crippen molar-refractivity contribution >= 4 is 23.2 Å². The van der Waals surface area contributed by atoms with E-state index >= 15 is 0 Å². The second-order valence-electron chi connectivity index (χ2n) is 5.05. The van der Waals surface area contributed by atoms with Crippen LogP contribution in [0.25, 0.3) is 0 Å². The van der Waals surface area contributed by atoms with Gasteiger partial charge in [0.05, 0.1) is 14.2 Å². The lowest BCUT2D eigenvalue weighted by atomic mass is 10.1. The van der Waals surface area contributed by atoms with E-state index in [4.69, 9.17) is 9.47 Å². The van der Waals surface area contributed by atoms with Gasteiger partial charge in [-0.25, -0.2) is 0 Å². The summed E-state index contributed by atoms with van der Waals surface area (Å²) in [6.45, 7) is 0. The number of methoxy groups -OCH3 is 2. The minimum Gasteiger partial charge on any atom is -0.493 e. The molecule has 0 atom stereocenters. The zero-order valence-electron chi connectivity index (χ0n) is 13.8. The zero-order valence-corrected chi connectivity index (χ0v) is 13.8. The minimum atomic E-state index is -4.97. The largest absolute Gasteiger partial charge is 0.493 e. The van der Waals surface area contributed by atoms with Gasteiger partial charge in [0.15, 0.2) is 11.5 Å². The first-order chi connectivity index (χ1) is 12.2. The molecule has 0 aliphatic rings. The summed E-state index contributed by atoms with van der Waals surface area (Å²) in [5, 5.41) is 4.30. The van der Waals surface area contributed by atoms with Crippen LogP contribution in [0.1, 0.15) is 10.4 Å². The molecule has 2 rings (SSSR count). The van der Waals surface area contributed by atoms with Gasteiger partial charge in [-0.05, 0) is 42.5 Å². The van der Waals surface area contributed by atoms with Crippen LogP contribution in [0, 0.1) is 0 Å². The summed E-state index contributed by atoms with van der Waals surface area (Å²) < 4.78 is 46.8. The summed E-state index contributed by atoms with van der Waals surface area (Å²) in [6, 6.07) is 9.82. The van der Waals surface area contributed by atoms with Crippen LogP contribution >= 0.6 is 0 Å². The topological polar surface area (TPSA) is 76.7 Å². The smallest absolute Gasteiger partial charge is 0.471 e. The quantitative estimate of drug-likeness (QED) is 0.848. The molecule has 0 aromatic heterocycles. The van der Waals surface area contributed by atoms with Crippen LogP contribution in [-0.4, -0.2) is 32.2 Å². The number of hydrogen-bond acceptors (Lipinski definition) is 4. The van der Waals surface area contributed by atoms with Crippen molar-refractivity contribution in [1.29, 1.82) is 0 Å². The zero-order chi connectivity index (χ0) is 19.3. The fraction of sp³-hybridized carbons (Fsp3) is 0.176. The molecule has 0 saturated carbocycles. The molecule has 0 fully saturated rings. The third-order valence-electron chi connectivity index (χ3n) is 3.30. The van der Waals surface area contributed by atoms with Gasteiger partial charge in [-0.15, -0.1) is 0 Å². The highest BCUT2D eigenvalue weighted by Gasteiger charge is 2.38. The molecule has 0 aliphatic carbocycles. The maximum absolute atomic E-state index is 12.3. The third-order valence-corrected chi connectivity index (χ3v) is 3.30. The Morgan fingerprint density at radius 1 is 0.846 bits per heavy atom. The van der Waals surface area contributed by atoms with E-state index in [9.17, 15) is 22.8 Å². The number of alkyl halides is 3. The van der Waals surface area contributed by atoms with Gasteiger partial charge in [-0.2, -0.15) is 13.2 Å². The van der Waals surface area contributed by atoms with Crippen LogP contribution < -0.4 is 20.1 Å². The number of carbonyl (C=O) groups is 2. The van der Waals surface area contributed by atoms with Crippen LogP contribution in [-0.2, 0) is 4.79 Å². The first-order valence-electron chi connectivity index (χ1n) is 7.26. The maximum atomic E-state index is 12.3. The van der Waals surface area contributed by atoms with E-state index in [2.05, 4.69) is 5.32 Å². The molecule has 0 saturated heterocycles. The lowest BCUT2D eigenvalue weighted by Gasteiger charge is -2.11. The van der Waals surface area contributed by atoms with Crippen LogP contribution in [0.4, 0.5) is 24.5 Å². The summed E-state index contributed by atoms with van der Waals surface area (Å²) in [5.41, 5.74) is 0.600. The van der Waals surface area contributed by atoms with Crippen molar-refractivity contribution in [2.45, 2.75) is 6.18 Å². The molecule has 2 aromatic rings. The van der Waals surface area contributed by atoms with Crippen LogP contribution in [0.2, 0.25) is 0 Å². The highest BCUT2D eigenvalue weighted by atomic mass is 19.4. The molecule has 0 heterocycles. The molecule has 2 N–H and O–H groups in total. The molecule has 2 amide bonds. The summed E-state index contributed by atoms with van der Waals surface area (Å²) in [5.74, 6) is -1.67. The van der Waals surface area contributed by atoms with Gasteiger partial charge in [0.1, 0.15) is 0 Å². The van der Waals surface area contributed by atoms with Crippen LogP contribution in [0.5, 0.6) is 11.5 Å². The standard InChI is InChI=1S/C17H15F3N2O4/c1-25-13-8-3-10(9-14(13)26-2)15(23)21-11-4-6-12(7-5-11)22-16(24)17(18,19)20/h3-9H,1-2H3,(H,21,23)(H,22,24). The fourth-order valence-electron chi connectivity index (χ4n) is 2.02. The lowest BCUT2D eigenvalue weighted by Crippen LogP contribution is -2.29. The predicted octanol–water partition coefficient (Wildman–Crippen LogP) is 3.46. The van der Waals surface area contributed by atoms with E-state index in [0.29, 0.717) is 22.7 Å². The summed E-state index contributed by atoms with van der Waals surface area (Å²) in [6.07, 6.45) is -4.97. The molecule has 6 nitrogen and oxygen atoms in total. The normalized spacial score (nSPS) is 10.8. The van der Waals surface area contributed by atoms with E-state index in [1.807, 2.05) is 0 Å². The van der Waals surface area contributed by atoms with Gasteiger partial charge in [0, 0.05) is 16.9 Å². The first-order valence-corrected chi connectivity index (χ1v) is 7.26. The number of ether oxygens (including phenoxy) is 2. The van der Waals surface area contributed by atoms with Crippen LogP contribution in [0.3, 0.4) is 0 Å². The second-order valence-corrected chi connectivity index (χ2v) is 5.05. The van der Waals surface area contributed by atoms with Crippen molar-refractivity contribution in [2.75, 3.05) is 24.9 Å². The van der Waals surface area contributed by atoms with Crippen molar-refractivity contribution in [1.82, 2.24) is 0 Å². The van der Waals surface area contributed by atoms with Crippen molar-refractivity contribution in [2.24, 2.45) is 0 Å². The van der Waals surface area contributed by atoms with E-state index in [-0.39, 0.29) is 5.69 Å². The average Bonchev–Trinajstić information content (AvgIpc) is 2.61. The minimum absolute atomic E-state index is 0.0450. The number of halogens is 3. The van der Waals surface area contributed by atoms with E-state index in [1.165, 1.54) is 50.6 Å². The van der Waals surface area contributed by atoms with Crippen molar-refractivity contribution < 1.29 is 32.2 Å². The Morgan fingerprint density at radius 3 is 1.88 bits per heavy atom. The van der Waals surface area contributed by atoms with Gasteiger partial charge in [0.25, 0.3) is 5.91 Å². The Hall–Kier alpha value is -3.23. The molecule has 0 unspecified atom stereocenters. The molecule has 0 aliphatic heterocycles. The Balaban J connectivity index is 2.07. The first kappa shape index (κ1) is 19.1. The monoisotopic (exact) mass is 368 g/mol. The van der Waals surface area contributed by atoms with Gasteiger partial charge in [-0.1, -0.05) is 0 Å². The van der Waals surface area contributed by atoms with Crippen molar-refractivity contribution in [3.05, 3.63) is 48.0 Å². The molecule has 0 bridgehead atoms. The predicted molar refractivity (Wildman–Crippen MR) is 88.6 cm³/mol. The highest BCUT2D eigenvalue weighted by molar-refractivity contribution is 6.04. The van der Waals surface area contributed by atoms with E-state index in [0.717, 1.165) is 0 Å². The molecule has 138 valence electrons. The highest BCUT2D eigenvalue weighted by Crippen LogP contribution is 2.28. The molecule has 9 heteroatoms. The molecular weight excluding hydrogens is 353 g/mol. The maximum Gasteiger partial charge on any atom is 0.471 e. The van der Waals surface area contributed by atoms with Crippen molar-refractivity contribution in [3.8, 4) is 11.5 Å².